The largest absolute Gasteiger partial charge is 0.368 e. The molecule has 0 aromatic carbocycles. The van der Waals surface area contributed by atoms with Crippen LogP contribution in [-0.4, -0.2) is 17.9 Å². The van der Waals surface area contributed by atoms with Crippen molar-refractivity contribution in [3.63, 3.8) is 0 Å². The van der Waals surface area contributed by atoms with Gasteiger partial charge in [0, 0.05) is 6.92 Å². The number of nitrogens with two attached hydrogens (primary N) is 1. The van der Waals surface area contributed by atoms with E-state index >= 15 is 0 Å². The molecule has 0 aromatic heterocycles. The molecule has 0 heterocycles. The first kappa shape index (κ1) is 10.0. The van der Waals surface area contributed by atoms with Crippen molar-refractivity contribution in [3.8, 4) is 0 Å². The predicted molar refractivity (Wildman–Crippen MR) is 48.8 cm³/mol. The molecule has 0 radical (unpaired) electrons. The minimum atomic E-state index is -0.458. The van der Waals surface area contributed by atoms with Gasteiger partial charge in [0.15, 0.2) is 0 Å². The van der Waals surface area contributed by atoms with E-state index in [1.165, 1.54) is 6.92 Å². The van der Waals surface area contributed by atoms with Crippen LogP contribution in [0.5, 0.6) is 0 Å². The van der Waals surface area contributed by atoms with Crippen molar-refractivity contribution >= 4 is 11.8 Å². The summed E-state index contributed by atoms with van der Waals surface area (Å²) in [5.41, 5.74) is 5.21. The van der Waals surface area contributed by atoms with Crippen LogP contribution < -0.4 is 11.1 Å². The van der Waals surface area contributed by atoms with E-state index in [1.807, 2.05) is 0 Å². The fourth-order valence-electron chi connectivity index (χ4n) is 1.93. The minimum absolute atomic E-state index is 0.185. The number of carbonyl (C=O) groups is 2. The third-order valence-corrected chi connectivity index (χ3v) is 2.54. The molecule has 1 atom stereocenters. The van der Waals surface area contributed by atoms with Crippen molar-refractivity contribution in [3.05, 3.63) is 0 Å². The van der Waals surface area contributed by atoms with Crippen molar-refractivity contribution in [2.45, 2.75) is 38.6 Å². The molecule has 0 aliphatic heterocycles. The molecule has 1 saturated carbocycles. The van der Waals surface area contributed by atoms with E-state index in [4.69, 9.17) is 5.73 Å². The molecule has 1 rings (SSSR count). The normalized spacial score (nSPS) is 19.8. The van der Waals surface area contributed by atoms with E-state index in [0.717, 1.165) is 25.7 Å². The summed E-state index contributed by atoms with van der Waals surface area (Å²) in [4.78, 5) is 21.8. The lowest BCUT2D eigenvalue weighted by molar-refractivity contribution is -0.127. The number of amides is 2. The smallest absolute Gasteiger partial charge is 0.240 e. The first-order chi connectivity index (χ1) is 6.11. The molecule has 0 saturated heterocycles. The van der Waals surface area contributed by atoms with Gasteiger partial charge >= 0.3 is 0 Å². The summed E-state index contributed by atoms with van der Waals surface area (Å²) in [6.45, 7) is 1.41. The molecule has 0 aromatic rings. The number of primary amides is 1. The number of hydrogen-bond acceptors (Lipinski definition) is 2. The highest BCUT2D eigenvalue weighted by molar-refractivity contribution is 5.85. The van der Waals surface area contributed by atoms with Gasteiger partial charge in [0.05, 0.1) is 0 Å². The summed E-state index contributed by atoms with van der Waals surface area (Å²) in [7, 11) is 0. The standard InChI is InChI=1S/C9H16N2O2/c1-6(12)11-8(9(10)13)7-4-2-3-5-7/h7-8H,2-5H2,1H3,(H2,10,13)(H,11,12). The lowest BCUT2D eigenvalue weighted by atomic mass is 9.97. The van der Waals surface area contributed by atoms with Gasteiger partial charge in [-0.15, -0.1) is 0 Å². The van der Waals surface area contributed by atoms with Gasteiger partial charge in [0.2, 0.25) is 11.8 Å². The van der Waals surface area contributed by atoms with Gasteiger partial charge in [-0.25, -0.2) is 0 Å². The van der Waals surface area contributed by atoms with E-state index in [1.54, 1.807) is 0 Å². The van der Waals surface area contributed by atoms with Crippen LogP contribution in [0.2, 0.25) is 0 Å². The summed E-state index contributed by atoms with van der Waals surface area (Å²) < 4.78 is 0. The summed E-state index contributed by atoms with van der Waals surface area (Å²) in [6, 6.07) is -0.458. The van der Waals surface area contributed by atoms with E-state index in [-0.39, 0.29) is 11.8 Å². The SMILES string of the molecule is CC(=O)NC(C(N)=O)C1CCCC1. The zero-order valence-electron chi connectivity index (χ0n) is 7.88. The van der Waals surface area contributed by atoms with E-state index < -0.39 is 11.9 Å². The maximum absolute atomic E-state index is 11.0. The minimum Gasteiger partial charge on any atom is -0.368 e. The molecule has 0 spiro atoms. The molecule has 74 valence electrons. The third-order valence-electron chi connectivity index (χ3n) is 2.54. The second-order valence-electron chi connectivity index (χ2n) is 3.63. The Morgan fingerprint density at radius 3 is 2.31 bits per heavy atom. The lowest BCUT2D eigenvalue weighted by Crippen LogP contribution is -2.47. The van der Waals surface area contributed by atoms with Gasteiger partial charge < -0.3 is 11.1 Å². The number of carbonyl (C=O) groups excluding carboxylic acids is 2. The Bertz CT molecular complexity index is 210. The van der Waals surface area contributed by atoms with Crippen molar-refractivity contribution in [1.29, 1.82) is 0 Å². The molecule has 4 nitrogen and oxygen atoms in total. The third kappa shape index (κ3) is 2.72. The maximum atomic E-state index is 11.0. The molecule has 3 N–H and O–H groups in total. The van der Waals surface area contributed by atoms with Crippen LogP contribution in [0.15, 0.2) is 0 Å². The van der Waals surface area contributed by atoms with Crippen LogP contribution in [-0.2, 0) is 9.59 Å². The molecule has 1 aliphatic carbocycles. The van der Waals surface area contributed by atoms with E-state index in [9.17, 15) is 9.59 Å². The van der Waals surface area contributed by atoms with Crippen LogP contribution in [0, 0.1) is 5.92 Å². The first-order valence-corrected chi connectivity index (χ1v) is 4.67. The van der Waals surface area contributed by atoms with Crippen LogP contribution in [0.1, 0.15) is 32.6 Å². The molecular weight excluding hydrogens is 168 g/mol. The lowest BCUT2D eigenvalue weighted by Gasteiger charge is -2.20. The Hall–Kier alpha value is -1.06. The zero-order chi connectivity index (χ0) is 9.84. The van der Waals surface area contributed by atoms with Gasteiger partial charge in [-0.1, -0.05) is 12.8 Å². The van der Waals surface area contributed by atoms with Gasteiger partial charge in [0.25, 0.3) is 0 Å². The number of hydrogen-bond donors (Lipinski definition) is 2. The first-order valence-electron chi connectivity index (χ1n) is 4.67. The van der Waals surface area contributed by atoms with E-state index in [0.29, 0.717) is 0 Å². The summed E-state index contributed by atoms with van der Waals surface area (Å²) >= 11 is 0. The monoisotopic (exact) mass is 184 g/mol. The quantitative estimate of drug-likeness (QED) is 0.656. The Kier molecular flexibility index (Phi) is 3.28. The fraction of sp³-hybridized carbons (Fsp3) is 0.778. The predicted octanol–water partition coefficient (Wildman–Crippen LogP) is 0.167. The van der Waals surface area contributed by atoms with Gasteiger partial charge in [-0.3, -0.25) is 9.59 Å². The van der Waals surface area contributed by atoms with Gasteiger partial charge in [-0.2, -0.15) is 0 Å². The van der Waals surface area contributed by atoms with Crippen LogP contribution in [0.25, 0.3) is 0 Å². The van der Waals surface area contributed by atoms with Crippen molar-refractivity contribution in [1.82, 2.24) is 5.32 Å². The molecule has 0 bridgehead atoms. The highest BCUT2D eigenvalue weighted by atomic mass is 16.2. The molecule has 1 aliphatic rings. The molecule has 1 unspecified atom stereocenters. The molecule has 1 fully saturated rings. The second kappa shape index (κ2) is 4.25. The molecular formula is C9H16N2O2. The average molecular weight is 184 g/mol. The summed E-state index contributed by atoms with van der Waals surface area (Å²) in [6.07, 6.45) is 4.25. The zero-order valence-corrected chi connectivity index (χ0v) is 7.88. The molecule has 2 amide bonds. The molecule has 4 heteroatoms. The van der Waals surface area contributed by atoms with Crippen LogP contribution in [0.4, 0.5) is 0 Å². The van der Waals surface area contributed by atoms with Gasteiger partial charge in [0.1, 0.15) is 6.04 Å². The highest BCUT2D eigenvalue weighted by Gasteiger charge is 2.29. The Balaban J connectivity index is 2.55. The van der Waals surface area contributed by atoms with Crippen molar-refractivity contribution < 1.29 is 9.59 Å². The Morgan fingerprint density at radius 1 is 1.38 bits per heavy atom. The van der Waals surface area contributed by atoms with Crippen molar-refractivity contribution in [2.24, 2.45) is 11.7 Å². The maximum Gasteiger partial charge on any atom is 0.240 e. The van der Waals surface area contributed by atoms with Crippen LogP contribution in [0.3, 0.4) is 0 Å². The Morgan fingerprint density at radius 2 is 1.92 bits per heavy atom. The fourth-order valence-corrected chi connectivity index (χ4v) is 1.93. The van der Waals surface area contributed by atoms with Gasteiger partial charge in [-0.05, 0) is 18.8 Å². The Labute approximate surface area is 77.9 Å². The van der Waals surface area contributed by atoms with Crippen molar-refractivity contribution in [2.75, 3.05) is 0 Å². The molecule has 13 heavy (non-hydrogen) atoms. The summed E-state index contributed by atoms with van der Waals surface area (Å²) in [5.74, 6) is -0.348. The number of rotatable bonds is 3. The number of nitrogens with one attached hydrogen (secondary N) is 1. The topological polar surface area (TPSA) is 72.2 Å². The second-order valence-corrected chi connectivity index (χ2v) is 3.63. The summed E-state index contributed by atoms with van der Waals surface area (Å²) in [5, 5.41) is 2.61. The van der Waals surface area contributed by atoms with Crippen LogP contribution >= 0.6 is 0 Å². The average Bonchev–Trinajstić information content (AvgIpc) is 2.50. The highest BCUT2D eigenvalue weighted by Crippen LogP contribution is 2.27. The van der Waals surface area contributed by atoms with E-state index in [2.05, 4.69) is 5.32 Å².